The van der Waals surface area contributed by atoms with Gasteiger partial charge in [0.05, 0.1) is 36.9 Å². The molecule has 1 fully saturated rings. The highest BCUT2D eigenvalue weighted by Gasteiger charge is 2.30. The van der Waals surface area contributed by atoms with Gasteiger partial charge in [0.15, 0.2) is 9.84 Å². The molecule has 19 heavy (non-hydrogen) atoms. The number of aliphatic hydroxyl groups excluding tert-OH is 1. The van der Waals surface area contributed by atoms with E-state index in [0.717, 1.165) is 12.8 Å². The summed E-state index contributed by atoms with van der Waals surface area (Å²) in [4.78, 5) is 0. The van der Waals surface area contributed by atoms with Crippen LogP contribution in [-0.4, -0.2) is 70.1 Å². The van der Waals surface area contributed by atoms with Crippen LogP contribution in [-0.2, 0) is 19.3 Å². The summed E-state index contributed by atoms with van der Waals surface area (Å²) in [6, 6.07) is 0. The van der Waals surface area contributed by atoms with Gasteiger partial charge in [0.1, 0.15) is 0 Å². The van der Waals surface area contributed by atoms with Crippen molar-refractivity contribution in [2.75, 3.05) is 45.3 Å². The van der Waals surface area contributed by atoms with Crippen molar-refractivity contribution in [3.8, 4) is 0 Å². The third-order valence-corrected chi connectivity index (χ3v) is 5.38. The normalized spacial score (nSPS) is 23.6. The lowest BCUT2D eigenvalue weighted by molar-refractivity contribution is 0.00657. The SMILES string of the molecule is CCOCCOCC(O)CNCC1CCCS1(=O)=O. The van der Waals surface area contributed by atoms with E-state index in [2.05, 4.69) is 5.32 Å². The molecule has 6 nitrogen and oxygen atoms in total. The van der Waals surface area contributed by atoms with Crippen molar-refractivity contribution in [3.63, 3.8) is 0 Å². The quantitative estimate of drug-likeness (QED) is 0.532. The van der Waals surface area contributed by atoms with Crippen molar-refractivity contribution in [1.82, 2.24) is 5.32 Å². The topological polar surface area (TPSA) is 84.9 Å². The molecular formula is C12H25NO5S. The van der Waals surface area contributed by atoms with Gasteiger partial charge in [0.25, 0.3) is 0 Å². The lowest BCUT2D eigenvalue weighted by atomic mass is 10.2. The molecule has 1 saturated heterocycles. The smallest absolute Gasteiger partial charge is 0.154 e. The molecule has 1 aliphatic rings. The van der Waals surface area contributed by atoms with Crippen LogP contribution in [0.1, 0.15) is 19.8 Å². The Bertz CT molecular complexity index is 333. The number of sulfone groups is 1. The molecule has 0 aromatic rings. The van der Waals surface area contributed by atoms with Crippen LogP contribution in [0.15, 0.2) is 0 Å². The van der Waals surface area contributed by atoms with Gasteiger partial charge >= 0.3 is 0 Å². The highest BCUT2D eigenvalue weighted by molar-refractivity contribution is 7.92. The van der Waals surface area contributed by atoms with Gasteiger partial charge in [0, 0.05) is 19.7 Å². The van der Waals surface area contributed by atoms with Crippen LogP contribution < -0.4 is 5.32 Å². The van der Waals surface area contributed by atoms with Gasteiger partial charge in [-0.2, -0.15) is 0 Å². The average molecular weight is 295 g/mol. The maximum absolute atomic E-state index is 11.6. The van der Waals surface area contributed by atoms with Crippen LogP contribution in [0.5, 0.6) is 0 Å². The second-order valence-electron chi connectivity index (χ2n) is 4.72. The first-order chi connectivity index (χ1) is 9.06. The summed E-state index contributed by atoms with van der Waals surface area (Å²) in [5.41, 5.74) is 0. The summed E-state index contributed by atoms with van der Waals surface area (Å²) < 4.78 is 33.5. The number of ether oxygens (including phenoxy) is 2. The van der Waals surface area contributed by atoms with Gasteiger partial charge in [0.2, 0.25) is 0 Å². The molecule has 0 amide bonds. The van der Waals surface area contributed by atoms with Crippen molar-refractivity contribution in [2.24, 2.45) is 0 Å². The maximum atomic E-state index is 11.6. The Morgan fingerprint density at radius 1 is 1.37 bits per heavy atom. The van der Waals surface area contributed by atoms with E-state index in [9.17, 15) is 13.5 Å². The molecule has 0 radical (unpaired) electrons. The minimum absolute atomic E-state index is 0.234. The van der Waals surface area contributed by atoms with E-state index in [1.165, 1.54) is 0 Å². The molecule has 114 valence electrons. The minimum atomic E-state index is -2.90. The molecule has 2 unspecified atom stereocenters. The third-order valence-electron chi connectivity index (χ3n) is 3.10. The predicted octanol–water partition coefficient (Wildman–Crippen LogP) is -0.433. The van der Waals surface area contributed by atoms with Gasteiger partial charge in [-0.1, -0.05) is 0 Å². The van der Waals surface area contributed by atoms with Crippen LogP contribution in [0.2, 0.25) is 0 Å². The second kappa shape index (κ2) is 8.86. The fourth-order valence-electron chi connectivity index (χ4n) is 2.04. The summed E-state index contributed by atoms with van der Waals surface area (Å²) in [5.74, 6) is 0.294. The number of aliphatic hydroxyl groups is 1. The first kappa shape index (κ1) is 16.8. The summed E-state index contributed by atoms with van der Waals surface area (Å²) in [5, 5.41) is 12.3. The zero-order valence-electron chi connectivity index (χ0n) is 11.5. The zero-order chi connectivity index (χ0) is 14.1. The average Bonchev–Trinajstić information content (AvgIpc) is 2.69. The molecule has 0 aliphatic carbocycles. The molecule has 2 N–H and O–H groups in total. The highest BCUT2D eigenvalue weighted by atomic mass is 32.2. The zero-order valence-corrected chi connectivity index (χ0v) is 12.3. The maximum Gasteiger partial charge on any atom is 0.154 e. The Kier molecular flexibility index (Phi) is 7.86. The Morgan fingerprint density at radius 3 is 2.74 bits per heavy atom. The van der Waals surface area contributed by atoms with Gasteiger partial charge < -0.3 is 19.9 Å². The monoisotopic (exact) mass is 295 g/mol. The van der Waals surface area contributed by atoms with E-state index in [1.807, 2.05) is 6.92 Å². The van der Waals surface area contributed by atoms with Crippen molar-refractivity contribution < 1.29 is 23.0 Å². The second-order valence-corrected chi connectivity index (χ2v) is 7.12. The van der Waals surface area contributed by atoms with Crippen LogP contribution in [0.4, 0.5) is 0 Å². The van der Waals surface area contributed by atoms with Gasteiger partial charge in [-0.25, -0.2) is 8.42 Å². The van der Waals surface area contributed by atoms with Gasteiger partial charge in [-0.15, -0.1) is 0 Å². The van der Waals surface area contributed by atoms with Crippen molar-refractivity contribution >= 4 is 9.84 Å². The molecule has 0 spiro atoms. The molecule has 0 aromatic carbocycles. The Labute approximate surface area is 115 Å². The Morgan fingerprint density at radius 2 is 2.11 bits per heavy atom. The van der Waals surface area contributed by atoms with E-state index in [-0.39, 0.29) is 11.9 Å². The van der Waals surface area contributed by atoms with E-state index in [1.54, 1.807) is 0 Å². The Hall–Kier alpha value is -0.210. The fraction of sp³-hybridized carbons (Fsp3) is 1.00. The number of hydrogen-bond acceptors (Lipinski definition) is 6. The minimum Gasteiger partial charge on any atom is -0.389 e. The molecule has 7 heteroatoms. The summed E-state index contributed by atoms with van der Waals surface area (Å²) in [7, 11) is -2.90. The van der Waals surface area contributed by atoms with Crippen molar-refractivity contribution in [2.45, 2.75) is 31.1 Å². The first-order valence-corrected chi connectivity index (χ1v) is 8.53. The molecule has 0 saturated carbocycles. The van der Waals surface area contributed by atoms with Crippen molar-refractivity contribution in [1.29, 1.82) is 0 Å². The van der Waals surface area contributed by atoms with E-state index in [0.29, 0.717) is 38.7 Å². The summed E-state index contributed by atoms with van der Waals surface area (Å²) in [6.45, 7) is 4.55. The highest BCUT2D eigenvalue weighted by Crippen LogP contribution is 2.18. The van der Waals surface area contributed by atoms with Crippen molar-refractivity contribution in [3.05, 3.63) is 0 Å². The van der Waals surface area contributed by atoms with E-state index >= 15 is 0 Å². The largest absolute Gasteiger partial charge is 0.389 e. The van der Waals surface area contributed by atoms with Crippen LogP contribution in [0, 0.1) is 0 Å². The van der Waals surface area contributed by atoms with Crippen LogP contribution in [0.25, 0.3) is 0 Å². The lowest BCUT2D eigenvalue weighted by Gasteiger charge is -2.14. The fourth-order valence-corrected chi connectivity index (χ4v) is 3.84. The molecule has 0 aromatic heterocycles. The van der Waals surface area contributed by atoms with Gasteiger partial charge in [-0.3, -0.25) is 0 Å². The van der Waals surface area contributed by atoms with E-state index in [4.69, 9.17) is 9.47 Å². The predicted molar refractivity (Wildman–Crippen MR) is 73.0 cm³/mol. The summed E-state index contributed by atoms with van der Waals surface area (Å²) >= 11 is 0. The van der Waals surface area contributed by atoms with Gasteiger partial charge in [-0.05, 0) is 19.8 Å². The molecule has 1 rings (SSSR count). The van der Waals surface area contributed by atoms with E-state index < -0.39 is 15.9 Å². The molecule has 1 heterocycles. The summed E-state index contributed by atoms with van der Waals surface area (Å²) in [6.07, 6.45) is 0.847. The molecule has 0 bridgehead atoms. The number of nitrogens with one attached hydrogen (secondary N) is 1. The number of hydrogen-bond donors (Lipinski definition) is 2. The molecular weight excluding hydrogens is 270 g/mol. The number of rotatable bonds is 10. The first-order valence-electron chi connectivity index (χ1n) is 6.82. The third kappa shape index (κ3) is 6.67. The Balaban J connectivity index is 2.02. The standard InChI is InChI=1S/C12H25NO5S/c1-2-17-5-6-18-10-11(14)8-13-9-12-4-3-7-19(12,15)16/h11-14H,2-10H2,1H3. The molecule has 1 aliphatic heterocycles. The lowest BCUT2D eigenvalue weighted by Crippen LogP contribution is -2.37. The molecule has 2 atom stereocenters. The van der Waals surface area contributed by atoms with Crippen LogP contribution >= 0.6 is 0 Å². The van der Waals surface area contributed by atoms with Crippen LogP contribution in [0.3, 0.4) is 0 Å².